The highest BCUT2D eigenvalue weighted by Gasteiger charge is 2.44. The lowest BCUT2D eigenvalue weighted by atomic mass is 10.1. The first-order valence-electron chi connectivity index (χ1n) is 14.4. The molecule has 0 saturated heterocycles. The van der Waals surface area contributed by atoms with Crippen LogP contribution in [0, 0.1) is 0 Å². The van der Waals surface area contributed by atoms with Gasteiger partial charge in [-0.1, -0.05) is 67.9 Å². The van der Waals surface area contributed by atoms with Crippen molar-refractivity contribution in [3.8, 4) is 17.1 Å². The lowest BCUT2D eigenvalue weighted by Gasteiger charge is -2.25. The summed E-state index contributed by atoms with van der Waals surface area (Å²) in [6.45, 7) is 1.90. The molecule has 0 aliphatic rings. The van der Waals surface area contributed by atoms with Crippen LogP contribution in [0.3, 0.4) is 0 Å². The van der Waals surface area contributed by atoms with Gasteiger partial charge in [0, 0.05) is 31.7 Å². The van der Waals surface area contributed by atoms with E-state index in [9.17, 15) is 35.5 Å². The maximum absolute atomic E-state index is 14.5. The number of nitrogens with zero attached hydrogens (tertiary/aromatic N) is 3. The van der Waals surface area contributed by atoms with Crippen LogP contribution in [0.1, 0.15) is 52.6 Å². The number of unbranched alkanes of at least 4 members (excludes halogenated alkanes) is 1. The number of hydrogen-bond donors (Lipinski definition) is 0. The lowest BCUT2D eigenvalue weighted by Crippen LogP contribution is -2.33. The highest BCUT2D eigenvalue weighted by Crippen LogP contribution is 2.36. The Hall–Kier alpha value is -4.39. The second-order valence-electron chi connectivity index (χ2n) is 10.5. The molecule has 13 heteroatoms. The van der Waals surface area contributed by atoms with E-state index in [1.54, 1.807) is 51.9 Å². The second kappa shape index (κ2) is 14.8. The molecule has 0 amide bonds. The molecule has 0 radical (unpaired) electrons. The van der Waals surface area contributed by atoms with Gasteiger partial charge in [0.2, 0.25) is 0 Å². The first kappa shape index (κ1) is 34.5. The number of esters is 1. The number of benzene rings is 3. The Bertz CT molecular complexity index is 1590. The smallest absolute Gasteiger partial charge is 0.461 e. The topological polar surface area (TPSA) is 56.6 Å². The fourth-order valence-electron chi connectivity index (χ4n) is 4.91. The summed E-state index contributed by atoms with van der Waals surface area (Å²) in [5.41, 5.74) is 0.577. The van der Waals surface area contributed by atoms with E-state index in [0.29, 0.717) is 29.5 Å². The number of alkyl halides is 7. The van der Waals surface area contributed by atoms with Crippen LogP contribution >= 0.6 is 0 Å². The number of aromatic nitrogens is 2. The van der Waals surface area contributed by atoms with Crippen LogP contribution in [-0.4, -0.2) is 40.1 Å². The van der Waals surface area contributed by atoms with Crippen LogP contribution in [0.2, 0.25) is 0 Å². The van der Waals surface area contributed by atoms with Crippen LogP contribution in [0.15, 0.2) is 78.9 Å². The molecule has 3 aromatic carbocycles. The fourth-order valence-corrected chi connectivity index (χ4v) is 4.91. The van der Waals surface area contributed by atoms with E-state index in [0.717, 1.165) is 12.1 Å². The van der Waals surface area contributed by atoms with Crippen molar-refractivity contribution >= 4 is 5.97 Å². The van der Waals surface area contributed by atoms with Crippen LogP contribution in [0.25, 0.3) is 11.4 Å². The Labute approximate surface area is 261 Å². The maximum Gasteiger partial charge on any atom is 0.461 e. The monoisotopic (exact) mass is 651 g/mol. The van der Waals surface area contributed by atoms with Crippen LogP contribution in [0.4, 0.5) is 30.7 Å². The molecule has 246 valence electrons. The summed E-state index contributed by atoms with van der Waals surface area (Å²) in [4.78, 5) is 17.6. The van der Waals surface area contributed by atoms with Gasteiger partial charge in [-0.25, -0.2) is 9.78 Å². The average Bonchev–Trinajstić information content (AvgIpc) is 3.38. The van der Waals surface area contributed by atoms with Gasteiger partial charge in [0.25, 0.3) is 0 Å². The number of carbonyl (C=O) groups excluding carboxylic acids is 1. The van der Waals surface area contributed by atoms with Crippen molar-refractivity contribution < 1.29 is 45.0 Å². The Morgan fingerprint density at radius 3 is 2.17 bits per heavy atom. The molecule has 0 aliphatic carbocycles. The van der Waals surface area contributed by atoms with Gasteiger partial charge < -0.3 is 14.0 Å². The summed E-state index contributed by atoms with van der Waals surface area (Å²) in [6, 6.07) is 19.9. The van der Waals surface area contributed by atoms with Crippen LogP contribution in [0.5, 0.6) is 5.75 Å². The van der Waals surface area contributed by atoms with Crippen LogP contribution in [-0.2, 0) is 37.1 Å². The molecule has 1 heterocycles. The zero-order chi connectivity index (χ0) is 33.5. The Kier molecular flexibility index (Phi) is 11.1. The Balaban J connectivity index is 1.77. The van der Waals surface area contributed by atoms with Gasteiger partial charge in [-0.05, 0) is 41.8 Å². The van der Waals surface area contributed by atoms with E-state index in [1.165, 1.54) is 31.4 Å². The molecule has 0 N–H and O–H groups in total. The summed E-state index contributed by atoms with van der Waals surface area (Å²) in [5.74, 6) is -0.937. The number of rotatable bonds is 14. The standard InChI is InChI=1S/C33H32F7N3O3/c1-3-4-17-43-27(28(32(36,37)38)41-29(43)24-10-6-5-7-11-24)21-42(19-22-13-15-25(16-14-22)30(44)45-2)20-23-9-8-12-26(18-23)46-33(39,40)31(34)35/h5-16,18,31H,3-4,17,19-21H2,1-2H3. The molecule has 0 unspecified atom stereocenters. The summed E-state index contributed by atoms with van der Waals surface area (Å²) < 4.78 is 107. The normalized spacial score (nSPS) is 12.2. The number of carbonyl (C=O) groups is 1. The van der Waals surface area contributed by atoms with Gasteiger partial charge >= 0.3 is 24.7 Å². The zero-order valence-electron chi connectivity index (χ0n) is 25.0. The molecule has 0 saturated carbocycles. The molecule has 0 spiro atoms. The molecule has 0 bridgehead atoms. The molecular formula is C33H32F7N3O3. The summed E-state index contributed by atoms with van der Waals surface area (Å²) >= 11 is 0. The van der Waals surface area contributed by atoms with Gasteiger partial charge in [0.1, 0.15) is 11.6 Å². The van der Waals surface area contributed by atoms with E-state index in [4.69, 9.17) is 4.74 Å². The van der Waals surface area contributed by atoms with E-state index < -0.39 is 36.1 Å². The van der Waals surface area contributed by atoms with E-state index in [1.807, 2.05) is 6.92 Å². The molecule has 0 fully saturated rings. The quantitative estimate of drug-likeness (QED) is 0.101. The van der Waals surface area contributed by atoms with Gasteiger partial charge in [0.05, 0.1) is 18.4 Å². The minimum absolute atomic E-state index is 0.0661. The summed E-state index contributed by atoms with van der Waals surface area (Å²) in [7, 11) is 1.23. The van der Waals surface area contributed by atoms with Crippen molar-refractivity contribution in [2.75, 3.05) is 7.11 Å². The average molecular weight is 652 g/mol. The third-order valence-electron chi connectivity index (χ3n) is 7.08. The van der Waals surface area contributed by atoms with E-state index >= 15 is 0 Å². The SMILES string of the molecule is CCCCn1c(-c2ccccc2)nc(C(F)(F)F)c1CN(Cc1ccc(C(=O)OC)cc1)Cc1cccc(OC(F)(F)C(F)F)c1. The second-order valence-corrected chi connectivity index (χ2v) is 10.5. The fraction of sp³-hybridized carbons (Fsp3) is 0.333. The maximum atomic E-state index is 14.5. The van der Waals surface area contributed by atoms with Crippen molar-refractivity contribution in [1.29, 1.82) is 0 Å². The summed E-state index contributed by atoms with van der Waals surface area (Å²) in [6.07, 6.45) is -12.3. The van der Waals surface area contributed by atoms with E-state index in [-0.39, 0.29) is 43.3 Å². The van der Waals surface area contributed by atoms with Gasteiger partial charge in [-0.15, -0.1) is 0 Å². The van der Waals surface area contributed by atoms with Gasteiger partial charge in [0.15, 0.2) is 5.69 Å². The molecule has 0 atom stereocenters. The molecule has 1 aromatic heterocycles. The predicted octanol–water partition coefficient (Wildman–Crippen LogP) is 8.59. The van der Waals surface area contributed by atoms with Crippen molar-refractivity contribution in [1.82, 2.24) is 14.5 Å². The molecule has 6 nitrogen and oxygen atoms in total. The Morgan fingerprint density at radius 2 is 1.57 bits per heavy atom. The summed E-state index contributed by atoms with van der Waals surface area (Å²) in [5, 5.41) is 0. The number of ether oxygens (including phenoxy) is 2. The highest BCUT2D eigenvalue weighted by atomic mass is 19.4. The molecule has 4 rings (SSSR count). The number of halogens is 7. The zero-order valence-corrected chi connectivity index (χ0v) is 25.0. The van der Waals surface area contributed by atoms with Crippen molar-refractivity contribution in [3.05, 3.63) is 107 Å². The largest absolute Gasteiger partial charge is 0.465 e. The van der Waals surface area contributed by atoms with Crippen molar-refractivity contribution in [2.24, 2.45) is 0 Å². The number of methoxy groups -OCH3 is 1. The van der Waals surface area contributed by atoms with E-state index in [2.05, 4.69) is 9.72 Å². The predicted molar refractivity (Wildman–Crippen MR) is 156 cm³/mol. The number of imidazole rings is 1. The van der Waals surface area contributed by atoms with Crippen LogP contribution < -0.4 is 4.74 Å². The minimum atomic E-state index is -4.79. The molecule has 0 aliphatic heterocycles. The molecular weight excluding hydrogens is 619 g/mol. The van der Waals surface area contributed by atoms with Gasteiger partial charge in [-0.3, -0.25) is 4.90 Å². The first-order chi connectivity index (χ1) is 21.8. The lowest BCUT2D eigenvalue weighted by molar-refractivity contribution is -0.253. The van der Waals surface area contributed by atoms with Crippen molar-refractivity contribution in [2.45, 2.75) is 64.7 Å². The highest BCUT2D eigenvalue weighted by molar-refractivity contribution is 5.89. The third kappa shape index (κ3) is 8.65. The number of hydrogen-bond acceptors (Lipinski definition) is 5. The Morgan fingerprint density at radius 1 is 0.891 bits per heavy atom. The third-order valence-corrected chi connectivity index (χ3v) is 7.08. The molecule has 4 aromatic rings. The molecule has 46 heavy (non-hydrogen) atoms. The minimum Gasteiger partial charge on any atom is -0.465 e. The first-order valence-corrected chi connectivity index (χ1v) is 14.4. The van der Waals surface area contributed by atoms with Gasteiger partial charge in [-0.2, -0.15) is 30.7 Å². The van der Waals surface area contributed by atoms with Crippen molar-refractivity contribution in [3.63, 3.8) is 0 Å².